The Balaban J connectivity index is 1.56. The van der Waals surface area contributed by atoms with E-state index in [9.17, 15) is 4.79 Å². The molecule has 2 N–H and O–H groups in total. The molecule has 1 aromatic carbocycles. The van der Waals surface area contributed by atoms with E-state index < -0.39 is 0 Å². The van der Waals surface area contributed by atoms with Crippen LogP contribution in [-0.2, 0) is 14.9 Å². The second kappa shape index (κ2) is 9.04. The molecule has 1 atom stereocenters. The molecule has 1 amide bonds. The summed E-state index contributed by atoms with van der Waals surface area (Å²) in [6.07, 6.45) is 2.46. The lowest BCUT2D eigenvalue weighted by atomic mass is 9.87. The van der Waals surface area contributed by atoms with Crippen molar-refractivity contribution in [1.82, 2.24) is 10.6 Å². The maximum atomic E-state index is 11.7. The lowest BCUT2D eigenvalue weighted by molar-refractivity contribution is -0.120. The molecule has 1 unspecified atom stereocenters. The highest BCUT2D eigenvalue weighted by Crippen LogP contribution is 2.24. The molecule has 1 saturated heterocycles. The Morgan fingerprint density at radius 2 is 2.04 bits per heavy atom. The summed E-state index contributed by atoms with van der Waals surface area (Å²) in [5.74, 6) is 0.813. The summed E-state index contributed by atoms with van der Waals surface area (Å²) in [6.45, 7) is 9.42. The van der Waals surface area contributed by atoms with Crippen molar-refractivity contribution in [3.63, 3.8) is 0 Å². The van der Waals surface area contributed by atoms with E-state index in [1.165, 1.54) is 5.56 Å². The van der Waals surface area contributed by atoms with Gasteiger partial charge in [0.2, 0.25) is 5.91 Å². The van der Waals surface area contributed by atoms with E-state index in [0.717, 1.165) is 31.7 Å². The number of hydrogen-bond donors (Lipinski definition) is 2. The molecule has 0 aliphatic carbocycles. The van der Waals surface area contributed by atoms with Crippen LogP contribution in [0.25, 0.3) is 0 Å². The molecule has 134 valence electrons. The van der Waals surface area contributed by atoms with Crippen LogP contribution in [0.4, 0.5) is 0 Å². The van der Waals surface area contributed by atoms with Crippen molar-refractivity contribution in [2.45, 2.75) is 45.1 Å². The quantitative estimate of drug-likeness (QED) is 0.716. The highest BCUT2D eigenvalue weighted by atomic mass is 16.5. The Labute approximate surface area is 145 Å². The SMILES string of the molecule is CC(C)(C)c1ccc(OCCNC(=O)CNCC2CCCO2)cc1. The van der Waals surface area contributed by atoms with Gasteiger partial charge in [-0.3, -0.25) is 4.79 Å². The second-order valence-corrected chi connectivity index (χ2v) is 7.24. The summed E-state index contributed by atoms with van der Waals surface area (Å²) >= 11 is 0. The summed E-state index contributed by atoms with van der Waals surface area (Å²) in [7, 11) is 0. The number of carbonyl (C=O) groups excluding carboxylic acids is 1. The molecule has 0 bridgehead atoms. The Bertz CT molecular complexity index is 502. The van der Waals surface area contributed by atoms with Crippen LogP contribution in [0, 0.1) is 0 Å². The van der Waals surface area contributed by atoms with E-state index in [2.05, 4.69) is 43.5 Å². The summed E-state index contributed by atoms with van der Waals surface area (Å²) in [4.78, 5) is 11.7. The van der Waals surface area contributed by atoms with Crippen molar-refractivity contribution in [2.24, 2.45) is 0 Å². The van der Waals surface area contributed by atoms with Gasteiger partial charge in [-0.1, -0.05) is 32.9 Å². The third-order valence-electron chi connectivity index (χ3n) is 4.09. The Morgan fingerprint density at radius 3 is 2.67 bits per heavy atom. The monoisotopic (exact) mass is 334 g/mol. The first-order chi connectivity index (χ1) is 11.4. The van der Waals surface area contributed by atoms with Gasteiger partial charge in [0, 0.05) is 13.2 Å². The average Bonchev–Trinajstić information content (AvgIpc) is 3.04. The van der Waals surface area contributed by atoms with Crippen LogP contribution in [0.3, 0.4) is 0 Å². The third-order valence-corrected chi connectivity index (χ3v) is 4.09. The number of carbonyl (C=O) groups is 1. The highest BCUT2D eigenvalue weighted by molar-refractivity contribution is 5.77. The molecule has 1 fully saturated rings. The van der Waals surface area contributed by atoms with Crippen molar-refractivity contribution < 1.29 is 14.3 Å². The van der Waals surface area contributed by atoms with Gasteiger partial charge in [0.05, 0.1) is 19.2 Å². The van der Waals surface area contributed by atoms with Gasteiger partial charge in [0.1, 0.15) is 12.4 Å². The van der Waals surface area contributed by atoms with E-state index in [-0.39, 0.29) is 17.4 Å². The molecule has 0 saturated carbocycles. The molecule has 1 aliphatic rings. The summed E-state index contributed by atoms with van der Waals surface area (Å²) in [6, 6.07) is 8.13. The maximum Gasteiger partial charge on any atom is 0.234 e. The molecule has 1 aromatic rings. The fourth-order valence-corrected chi connectivity index (χ4v) is 2.63. The lowest BCUT2D eigenvalue weighted by Gasteiger charge is -2.19. The van der Waals surface area contributed by atoms with E-state index in [1.54, 1.807) is 0 Å². The minimum atomic E-state index is -0.0142. The molecule has 1 heterocycles. The molecule has 1 aliphatic heterocycles. The van der Waals surface area contributed by atoms with Crippen LogP contribution in [0.1, 0.15) is 39.2 Å². The minimum Gasteiger partial charge on any atom is -0.492 e. The van der Waals surface area contributed by atoms with Gasteiger partial charge < -0.3 is 20.1 Å². The fourth-order valence-electron chi connectivity index (χ4n) is 2.63. The van der Waals surface area contributed by atoms with E-state index in [4.69, 9.17) is 9.47 Å². The first kappa shape index (κ1) is 18.7. The standard InChI is InChI=1S/C19H30N2O3/c1-19(2,3)15-6-8-16(9-7-15)24-12-10-21-18(22)14-20-13-17-5-4-11-23-17/h6-9,17,20H,4-5,10-14H2,1-3H3,(H,21,22). The van der Waals surface area contributed by atoms with Crippen LogP contribution >= 0.6 is 0 Å². The zero-order chi connectivity index (χ0) is 17.4. The van der Waals surface area contributed by atoms with Crippen molar-refractivity contribution in [1.29, 1.82) is 0 Å². The molecular weight excluding hydrogens is 304 g/mol. The molecule has 5 nitrogen and oxygen atoms in total. The summed E-state index contributed by atoms with van der Waals surface area (Å²) in [5.41, 5.74) is 1.42. The normalized spacial score (nSPS) is 17.7. The summed E-state index contributed by atoms with van der Waals surface area (Å²) < 4.78 is 11.2. The number of benzene rings is 1. The first-order valence-corrected chi connectivity index (χ1v) is 8.77. The van der Waals surface area contributed by atoms with Gasteiger partial charge in [0.15, 0.2) is 0 Å². The van der Waals surface area contributed by atoms with Gasteiger partial charge in [-0.25, -0.2) is 0 Å². The number of ether oxygens (including phenoxy) is 2. The molecule has 24 heavy (non-hydrogen) atoms. The van der Waals surface area contributed by atoms with Gasteiger partial charge in [-0.15, -0.1) is 0 Å². The van der Waals surface area contributed by atoms with Gasteiger partial charge in [-0.05, 0) is 36.0 Å². The van der Waals surface area contributed by atoms with Crippen LogP contribution < -0.4 is 15.4 Å². The molecular formula is C19H30N2O3. The number of rotatable bonds is 8. The Morgan fingerprint density at radius 1 is 1.29 bits per heavy atom. The molecule has 2 rings (SSSR count). The van der Waals surface area contributed by atoms with Crippen molar-refractivity contribution in [2.75, 3.05) is 32.8 Å². The smallest absolute Gasteiger partial charge is 0.234 e. The van der Waals surface area contributed by atoms with E-state index in [1.807, 2.05) is 12.1 Å². The predicted molar refractivity (Wildman–Crippen MR) is 95.5 cm³/mol. The van der Waals surface area contributed by atoms with E-state index >= 15 is 0 Å². The number of amides is 1. The fraction of sp³-hybridized carbons (Fsp3) is 0.632. The van der Waals surface area contributed by atoms with Crippen molar-refractivity contribution >= 4 is 5.91 Å². The lowest BCUT2D eigenvalue weighted by Crippen LogP contribution is -2.38. The van der Waals surface area contributed by atoms with E-state index in [0.29, 0.717) is 19.7 Å². The van der Waals surface area contributed by atoms with Crippen LogP contribution in [0.5, 0.6) is 5.75 Å². The predicted octanol–water partition coefficient (Wildman–Crippen LogP) is 2.25. The number of nitrogens with one attached hydrogen (secondary N) is 2. The highest BCUT2D eigenvalue weighted by Gasteiger charge is 2.15. The van der Waals surface area contributed by atoms with Crippen LogP contribution in [-0.4, -0.2) is 44.9 Å². The topological polar surface area (TPSA) is 59.6 Å². The molecule has 0 radical (unpaired) electrons. The van der Waals surface area contributed by atoms with Crippen LogP contribution in [0.15, 0.2) is 24.3 Å². The van der Waals surface area contributed by atoms with Gasteiger partial charge in [0.25, 0.3) is 0 Å². The first-order valence-electron chi connectivity index (χ1n) is 8.77. The molecule has 0 spiro atoms. The van der Waals surface area contributed by atoms with Crippen molar-refractivity contribution in [3.05, 3.63) is 29.8 Å². The van der Waals surface area contributed by atoms with Crippen LogP contribution in [0.2, 0.25) is 0 Å². The van der Waals surface area contributed by atoms with Crippen molar-refractivity contribution in [3.8, 4) is 5.75 Å². The molecule has 0 aromatic heterocycles. The number of hydrogen-bond acceptors (Lipinski definition) is 4. The average molecular weight is 334 g/mol. The maximum absolute atomic E-state index is 11.7. The zero-order valence-electron chi connectivity index (χ0n) is 15.1. The largest absolute Gasteiger partial charge is 0.492 e. The molecule has 5 heteroatoms. The summed E-state index contributed by atoms with van der Waals surface area (Å²) in [5, 5.41) is 5.97. The van der Waals surface area contributed by atoms with Gasteiger partial charge >= 0.3 is 0 Å². The van der Waals surface area contributed by atoms with Gasteiger partial charge in [-0.2, -0.15) is 0 Å². The third kappa shape index (κ3) is 6.49. The minimum absolute atomic E-state index is 0.0142. The Hall–Kier alpha value is -1.59. The second-order valence-electron chi connectivity index (χ2n) is 7.24. The zero-order valence-corrected chi connectivity index (χ0v) is 15.1. The Kier molecular flexibility index (Phi) is 7.06.